The van der Waals surface area contributed by atoms with E-state index in [4.69, 9.17) is 16.3 Å². The number of hydrogen-bond donors (Lipinski definition) is 1. The van der Waals surface area contributed by atoms with Gasteiger partial charge in [-0.2, -0.15) is 0 Å². The molecule has 1 N–H and O–H groups in total. The molecule has 1 aliphatic rings. The maximum absolute atomic E-state index is 14.3. The molecule has 1 fully saturated rings. The number of nitrogens with one attached hydrogen (secondary N) is 1. The van der Waals surface area contributed by atoms with Crippen LogP contribution in [-0.4, -0.2) is 24.5 Å². The van der Waals surface area contributed by atoms with E-state index in [2.05, 4.69) is 23.5 Å². The second kappa shape index (κ2) is 10.3. The zero-order chi connectivity index (χ0) is 26.0. The van der Waals surface area contributed by atoms with Crippen LogP contribution in [0, 0.1) is 19.7 Å². The number of aryl methyl sites for hydroxylation is 2. The van der Waals surface area contributed by atoms with Gasteiger partial charge in [-0.25, -0.2) is 14.1 Å². The first kappa shape index (κ1) is 25.1. The molecule has 1 heterocycles. The Morgan fingerprint density at radius 2 is 1.72 bits per heavy atom. The number of carbonyl (C=O) groups is 3. The Kier molecular flexibility index (Phi) is 7.22. The van der Waals surface area contributed by atoms with Crippen LogP contribution in [0.4, 0.5) is 14.9 Å². The Labute approximate surface area is 213 Å². The standard InChI is InChI=1S/C28H24ClFN2O4/c1-4-36-25-15-19(14-22(29)20(25)12-18-10-16(2)9-17(3)11-18)13-21-26(33)31-28(35)32(27(21)34)24-8-6-5-7-23(24)30/h5-11,13-15H,4,12H2,1-3H3,(H,31,33,35)/b21-13-. The summed E-state index contributed by atoms with van der Waals surface area (Å²) in [6, 6.07) is 13.9. The lowest BCUT2D eigenvalue weighted by Gasteiger charge is -2.26. The van der Waals surface area contributed by atoms with Crippen molar-refractivity contribution in [1.82, 2.24) is 5.32 Å². The molecule has 0 saturated carbocycles. The van der Waals surface area contributed by atoms with Gasteiger partial charge in [-0.3, -0.25) is 14.9 Å². The van der Waals surface area contributed by atoms with Gasteiger partial charge in [-0.15, -0.1) is 0 Å². The predicted molar refractivity (Wildman–Crippen MR) is 137 cm³/mol. The van der Waals surface area contributed by atoms with Crippen molar-refractivity contribution in [1.29, 1.82) is 0 Å². The molecule has 36 heavy (non-hydrogen) atoms. The fourth-order valence-electron chi connectivity index (χ4n) is 4.22. The predicted octanol–water partition coefficient (Wildman–Crippen LogP) is 5.75. The summed E-state index contributed by atoms with van der Waals surface area (Å²) in [6.07, 6.45) is 1.84. The third-order valence-electron chi connectivity index (χ3n) is 5.65. The summed E-state index contributed by atoms with van der Waals surface area (Å²) in [5.41, 5.74) is 3.95. The quantitative estimate of drug-likeness (QED) is 0.341. The molecule has 3 aromatic carbocycles. The van der Waals surface area contributed by atoms with Crippen molar-refractivity contribution in [2.45, 2.75) is 27.2 Å². The van der Waals surface area contributed by atoms with E-state index < -0.39 is 23.7 Å². The Morgan fingerprint density at radius 1 is 1.03 bits per heavy atom. The highest BCUT2D eigenvalue weighted by Crippen LogP contribution is 2.33. The highest BCUT2D eigenvalue weighted by Gasteiger charge is 2.38. The summed E-state index contributed by atoms with van der Waals surface area (Å²) >= 11 is 6.65. The van der Waals surface area contributed by atoms with Gasteiger partial charge in [-0.05, 0) is 62.2 Å². The number of imide groups is 2. The van der Waals surface area contributed by atoms with E-state index >= 15 is 0 Å². The van der Waals surface area contributed by atoms with Crippen LogP contribution in [-0.2, 0) is 16.0 Å². The Hall–Kier alpha value is -3.97. The van der Waals surface area contributed by atoms with Gasteiger partial charge in [0.15, 0.2) is 0 Å². The lowest BCUT2D eigenvalue weighted by Crippen LogP contribution is -2.54. The summed E-state index contributed by atoms with van der Waals surface area (Å²) in [6.45, 7) is 6.28. The number of nitrogens with zero attached hydrogens (tertiary/aromatic N) is 1. The molecule has 0 aliphatic carbocycles. The minimum Gasteiger partial charge on any atom is -0.494 e. The molecule has 4 amide bonds. The lowest BCUT2D eigenvalue weighted by molar-refractivity contribution is -0.122. The van der Waals surface area contributed by atoms with Crippen molar-refractivity contribution >= 4 is 41.2 Å². The van der Waals surface area contributed by atoms with Crippen LogP contribution in [0.3, 0.4) is 0 Å². The third kappa shape index (κ3) is 5.16. The molecule has 0 radical (unpaired) electrons. The molecule has 8 heteroatoms. The van der Waals surface area contributed by atoms with Crippen LogP contribution in [0.25, 0.3) is 6.08 Å². The lowest BCUT2D eigenvalue weighted by atomic mass is 9.98. The second-order valence-electron chi connectivity index (χ2n) is 8.49. The van der Waals surface area contributed by atoms with Crippen LogP contribution in [0.2, 0.25) is 5.02 Å². The van der Waals surface area contributed by atoms with Gasteiger partial charge in [0.2, 0.25) is 0 Å². The van der Waals surface area contributed by atoms with Crippen molar-refractivity contribution < 1.29 is 23.5 Å². The molecule has 0 spiro atoms. The maximum atomic E-state index is 14.3. The van der Waals surface area contributed by atoms with Gasteiger partial charge >= 0.3 is 6.03 Å². The zero-order valence-electron chi connectivity index (χ0n) is 20.0. The topological polar surface area (TPSA) is 75.7 Å². The minimum atomic E-state index is -1.02. The Balaban J connectivity index is 1.74. The van der Waals surface area contributed by atoms with Gasteiger partial charge in [0.25, 0.3) is 11.8 Å². The summed E-state index contributed by atoms with van der Waals surface area (Å²) < 4.78 is 20.2. The number of barbiturate groups is 1. The SMILES string of the molecule is CCOc1cc(/C=C2/C(=O)NC(=O)N(c3ccccc3F)C2=O)cc(Cl)c1Cc1cc(C)cc(C)c1. The number of hydrogen-bond acceptors (Lipinski definition) is 4. The number of halogens is 2. The van der Waals surface area contributed by atoms with E-state index in [-0.39, 0.29) is 11.3 Å². The normalized spacial score (nSPS) is 14.9. The molecule has 6 nitrogen and oxygen atoms in total. The van der Waals surface area contributed by atoms with Crippen LogP contribution >= 0.6 is 11.6 Å². The molecule has 4 rings (SSSR count). The summed E-state index contributed by atoms with van der Waals surface area (Å²) in [5.74, 6) is -2.08. The molecule has 184 valence electrons. The number of para-hydroxylation sites is 1. The summed E-state index contributed by atoms with van der Waals surface area (Å²) in [7, 11) is 0. The van der Waals surface area contributed by atoms with Crippen molar-refractivity contribution in [3.63, 3.8) is 0 Å². The summed E-state index contributed by atoms with van der Waals surface area (Å²) in [4.78, 5) is 38.6. The first-order chi connectivity index (χ1) is 17.2. The van der Waals surface area contributed by atoms with Crippen LogP contribution in [0.1, 0.15) is 34.7 Å². The van der Waals surface area contributed by atoms with Crippen molar-refractivity contribution in [3.05, 3.63) is 98.8 Å². The molecule has 1 aliphatic heterocycles. The number of rotatable bonds is 6. The fraction of sp³-hybridized carbons (Fsp3) is 0.179. The second-order valence-corrected chi connectivity index (χ2v) is 8.90. The van der Waals surface area contributed by atoms with E-state index in [0.29, 0.717) is 34.3 Å². The van der Waals surface area contributed by atoms with E-state index in [9.17, 15) is 18.8 Å². The number of carbonyl (C=O) groups excluding carboxylic acids is 3. The van der Waals surface area contributed by atoms with Gasteiger partial charge in [-0.1, -0.05) is 53.1 Å². The van der Waals surface area contributed by atoms with Crippen molar-refractivity contribution in [3.8, 4) is 5.75 Å². The molecule has 0 unspecified atom stereocenters. The Bertz CT molecular complexity index is 1400. The number of anilines is 1. The van der Waals surface area contributed by atoms with Crippen molar-refractivity contribution in [2.24, 2.45) is 0 Å². The average Bonchev–Trinajstić information content (AvgIpc) is 2.79. The minimum absolute atomic E-state index is 0.254. The number of urea groups is 1. The number of benzene rings is 3. The van der Waals surface area contributed by atoms with Crippen molar-refractivity contribution in [2.75, 3.05) is 11.5 Å². The molecule has 0 atom stereocenters. The van der Waals surface area contributed by atoms with E-state index in [1.807, 2.05) is 20.8 Å². The largest absolute Gasteiger partial charge is 0.494 e. The van der Waals surface area contributed by atoms with E-state index in [0.717, 1.165) is 28.3 Å². The van der Waals surface area contributed by atoms with Crippen LogP contribution < -0.4 is 15.0 Å². The average molecular weight is 507 g/mol. The van der Waals surface area contributed by atoms with Gasteiger partial charge in [0, 0.05) is 17.0 Å². The number of ether oxygens (including phenoxy) is 1. The fourth-order valence-corrected chi connectivity index (χ4v) is 4.51. The van der Waals surface area contributed by atoms with E-state index in [1.54, 1.807) is 12.1 Å². The maximum Gasteiger partial charge on any atom is 0.336 e. The molecule has 1 saturated heterocycles. The zero-order valence-corrected chi connectivity index (χ0v) is 20.8. The number of amides is 4. The van der Waals surface area contributed by atoms with Crippen LogP contribution in [0.5, 0.6) is 5.75 Å². The summed E-state index contributed by atoms with van der Waals surface area (Å²) in [5, 5.41) is 2.49. The van der Waals surface area contributed by atoms with Gasteiger partial charge < -0.3 is 4.74 Å². The first-order valence-corrected chi connectivity index (χ1v) is 11.7. The van der Waals surface area contributed by atoms with Gasteiger partial charge in [0.05, 0.1) is 12.3 Å². The smallest absolute Gasteiger partial charge is 0.336 e. The molecule has 0 aromatic heterocycles. The molecular weight excluding hydrogens is 483 g/mol. The Morgan fingerprint density at radius 3 is 2.39 bits per heavy atom. The van der Waals surface area contributed by atoms with Gasteiger partial charge in [0.1, 0.15) is 17.1 Å². The van der Waals surface area contributed by atoms with E-state index in [1.165, 1.54) is 24.3 Å². The highest BCUT2D eigenvalue weighted by atomic mass is 35.5. The first-order valence-electron chi connectivity index (χ1n) is 11.4. The van der Waals surface area contributed by atoms with Crippen LogP contribution in [0.15, 0.2) is 60.2 Å². The molecule has 3 aromatic rings. The molecule has 0 bridgehead atoms. The molecular formula is C28H24ClFN2O4. The highest BCUT2D eigenvalue weighted by molar-refractivity contribution is 6.39. The monoisotopic (exact) mass is 506 g/mol. The third-order valence-corrected chi connectivity index (χ3v) is 5.98.